The van der Waals surface area contributed by atoms with Crippen LogP contribution in [-0.2, 0) is 6.18 Å². The SMILES string of the molecule is CN(C)c1ccc(NC(=O)NC2CCCCCC2)c(C(F)(F)F)c1. The minimum atomic E-state index is -4.53. The van der Waals surface area contributed by atoms with Gasteiger partial charge in [-0.1, -0.05) is 25.7 Å². The maximum atomic E-state index is 13.3. The van der Waals surface area contributed by atoms with E-state index >= 15 is 0 Å². The minimum Gasteiger partial charge on any atom is -0.378 e. The molecule has 134 valence electrons. The van der Waals surface area contributed by atoms with Gasteiger partial charge in [0.2, 0.25) is 0 Å². The highest BCUT2D eigenvalue weighted by atomic mass is 19.4. The summed E-state index contributed by atoms with van der Waals surface area (Å²) in [5.41, 5.74) is -0.638. The molecule has 24 heavy (non-hydrogen) atoms. The lowest BCUT2D eigenvalue weighted by molar-refractivity contribution is -0.136. The number of nitrogens with zero attached hydrogens (tertiary/aromatic N) is 1. The van der Waals surface area contributed by atoms with Gasteiger partial charge in [0.1, 0.15) is 0 Å². The number of urea groups is 1. The molecule has 0 aliphatic heterocycles. The molecular weight excluding hydrogens is 319 g/mol. The van der Waals surface area contributed by atoms with Crippen molar-refractivity contribution >= 4 is 17.4 Å². The number of benzene rings is 1. The molecule has 1 aliphatic carbocycles. The molecule has 0 bridgehead atoms. The fourth-order valence-corrected chi connectivity index (χ4v) is 2.92. The van der Waals surface area contributed by atoms with Crippen LogP contribution < -0.4 is 15.5 Å². The summed E-state index contributed by atoms with van der Waals surface area (Å²) in [7, 11) is 3.34. The molecule has 0 spiro atoms. The molecule has 0 aromatic heterocycles. The number of hydrogen-bond acceptors (Lipinski definition) is 2. The summed E-state index contributed by atoms with van der Waals surface area (Å²) in [5.74, 6) is 0. The Morgan fingerprint density at radius 2 is 1.75 bits per heavy atom. The molecule has 0 unspecified atom stereocenters. The standard InChI is InChI=1S/C17H24F3N3O/c1-23(2)13-9-10-15(14(11-13)17(18,19)20)22-16(24)21-12-7-5-3-4-6-8-12/h9-12H,3-8H2,1-2H3,(H2,21,22,24). The number of nitrogens with one attached hydrogen (secondary N) is 2. The summed E-state index contributed by atoms with van der Waals surface area (Å²) in [6, 6.07) is 3.34. The molecule has 1 fully saturated rings. The number of anilines is 2. The second kappa shape index (κ2) is 7.77. The van der Waals surface area contributed by atoms with Crippen molar-refractivity contribution in [2.45, 2.75) is 50.7 Å². The van der Waals surface area contributed by atoms with Crippen molar-refractivity contribution in [1.29, 1.82) is 0 Å². The van der Waals surface area contributed by atoms with Crippen molar-refractivity contribution < 1.29 is 18.0 Å². The highest BCUT2D eigenvalue weighted by Crippen LogP contribution is 2.37. The first-order chi connectivity index (χ1) is 11.3. The molecule has 0 heterocycles. The first kappa shape index (κ1) is 18.4. The van der Waals surface area contributed by atoms with Crippen LogP contribution in [0.3, 0.4) is 0 Å². The van der Waals surface area contributed by atoms with E-state index in [2.05, 4.69) is 10.6 Å². The van der Waals surface area contributed by atoms with Crippen LogP contribution in [-0.4, -0.2) is 26.2 Å². The zero-order valence-electron chi connectivity index (χ0n) is 14.0. The van der Waals surface area contributed by atoms with E-state index in [0.29, 0.717) is 5.69 Å². The van der Waals surface area contributed by atoms with Crippen molar-refractivity contribution in [3.63, 3.8) is 0 Å². The summed E-state index contributed by atoms with van der Waals surface area (Å²) in [5, 5.41) is 5.16. The Hall–Kier alpha value is -1.92. The molecule has 1 aliphatic rings. The predicted octanol–water partition coefficient (Wildman–Crippen LogP) is 4.62. The molecule has 4 nitrogen and oxygen atoms in total. The molecule has 0 radical (unpaired) electrons. The van der Waals surface area contributed by atoms with Gasteiger partial charge in [0.05, 0.1) is 11.3 Å². The molecular formula is C17H24F3N3O. The highest BCUT2D eigenvalue weighted by molar-refractivity contribution is 5.90. The van der Waals surface area contributed by atoms with Crippen LogP contribution in [0.25, 0.3) is 0 Å². The molecule has 0 saturated heterocycles. The van der Waals surface area contributed by atoms with Crippen LogP contribution >= 0.6 is 0 Å². The van der Waals surface area contributed by atoms with Gasteiger partial charge in [-0.2, -0.15) is 13.2 Å². The van der Waals surface area contributed by atoms with Crippen molar-refractivity contribution in [3.8, 4) is 0 Å². The van der Waals surface area contributed by atoms with E-state index in [-0.39, 0.29) is 11.7 Å². The zero-order valence-corrected chi connectivity index (χ0v) is 14.0. The number of amides is 2. The second-order valence-corrected chi connectivity index (χ2v) is 6.41. The first-order valence-electron chi connectivity index (χ1n) is 8.23. The Morgan fingerprint density at radius 3 is 2.29 bits per heavy atom. The maximum absolute atomic E-state index is 13.3. The summed E-state index contributed by atoms with van der Waals surface area (Å²) in [6.45, 7) is 0. The van der Waals surface area contributed by atoms with Gasteiger partial charge >= 0.3 is 12.2 Å². The summed E-state index contributed by atoms with van der Waals surface area (Å²) in [6.07, 6.45) is 1.58. The molecule has 0 atom stereocenters. The van der Waals surface area contributed by atoms with E-state index in [9.17, 15) is 18.0 Å². The summed E-state index contributed by atoms with van der Waals surface area (Å²) >= 11 is 0. The van der Waals surface area contributed by atoms with Crippen LogP contribution in [0.1, 0.15) is 44.1 Å². The monoisotopic (exact) mass is 343 g/mol. The van der Waals surface area contributed by atoms with Crippen molar-refractivity contribution in [2.24, 2.45) is 0 Å². The van der Waals surface area contributed by atoms with Gasteiger partial charge in [-0.05, 0) is 31.0 Å². The number of hydrogen-bond donors (Lipinski definition) is 2. The average Bonchev–Trinajstić information content (AvgIpc) is 2.74. The highest BCUT2D eigenvalue weighted by Gasteiger charge is 2.34. The lowest BCUT2D eigenvalue weighted by Crippen LogP contribution is -2.38. The number of carbonyl (C=O) groups excluding carboxylic acids is 1. The van der Waals surface area contributed by atoms with Crippen molar-refractivity contribution in [1.82, 2.24) is 5.32 Å². The fraction of sp³-hybridized carbons (Fsp3) is 0.588. The van der Waals surface area contributed by atoms with Crippen LogP contribution in [0.2, 0.25) is 0 Å². The van der Waals surface area contributed by atoms with E-state index in [1.165, 1.54) is 6.07 Å². The van der Waals surface area contributed by atoms with Crippen LogP contribution in [0.5, 0.6) is 0 Å². The first-order valence-corrected chi connectivity index (χ1v) is 8.23. The number of rotatable bonds is 3. The Morgan fingerprint density at radius 1 is 1.12 bits per heavy atom. The van der Waals surface area contributed by atoms with E-state index in [4.69, 9.17) is 0 Å². The number of alkyl halides is 3. The molecule has 2 N–H and O–H groups in total. The Bertz CT molecular complexity index is 565. The van der Waals surface area contributed by atoms with Gasteiger partial charge in [0, 0.05) is 25.8 Å². The van der Waals surface area contributed by atoms with Gasteiger partial charge in [-0.15, -0.1) is 0 Å². The van der Waals surface area contributed by atoms with Crippen LogP contribution in [0.15, 0.2) is 18.2 Å². The smallest absolute Gasteiger partial charge is 0.378 e. The van der Waals surface area contributed by atoms with Crippen LogP contribution in [0.4, 0.5) is 29.3 Å². The number of halogens is 3. The van der Waals surface area contributed by atoms with Gasteiger partial charge in [0.25, 0.3) is 0 Å². The van der Waals surface area contributed by atoms with E-state index < -0.39 is 17.8 Å². The third-order valence-electron chi connectivity index (χ3n) is 4.26. The third kappa shape index (κ3) is 5.04. The van der Waals surface area contributed by atoms with Crippen LogP contribution in [0, 0.1) is 0 Å². The van der Waals surface area contributed by atoms with Gasteiger partial charge in [-0.3, -0.25) is 0 Å². The molecule has 2 amide bonds. The van der Waals surface area contributed by atoms with E-state index in [1.54, 1.807) is 25.1 Å². The molecule has 1 aromatic carbocycles. The lowest BCUT2D eigenvalue weighted by Gasteiger charge is -2.20. The Labute approximate surface area is 140 Å². The molecule has 1 saturated carbocycles. The second-order valence-electron chi connectivity index (χ2n) is 6.41. The maximum Gasteiger partial charge on any atom is 0.418 e. The Balaban J connectivity index is 2.11. The van der Waals surface area contributed by atoms with E-state index in [0.717, 1.165) is 44.6 Å². The molecule has 2 rings (SSSR count). The quantitative estimate of drug-likeness (QED) is 0.787. The summed E-state index contributed by atoms with van der Waals surface area (Å²) < 4.78 is 39.8. The molecule has 1 aromatic rings. The topological polar surface area (TPSA) is 44.4 Å². The van der Waals surface area contributed by atoms with Gasteiger partial charge in [0.15, 0.2) is 0 Å². The van der Waals surface area contributed by atoms with Crippen molar-refractivity contribution in [3.05, 3.63) is 23.8 Å². The normalized spacial score (nSPS) is 16.4. The largest absolute Gasteiger partial charge is 0.418 e. The van der Waals surface area contributed by atoms with E-state index in [1.807, 2.05) is 0 Å². The van der Waals surface area contributed by atoms with Gasteiger partial charge < -0.3 is 15.5 Å². The lowest BCUT2D eigenvalue weighted by atomic mass is 10.1. The van der Waals surface area contributed by atoms with Crippen molar-refractivity contribution in [2.75, 3.05) is 24.3 Å². The third-order valence-corrected chi connectivity index (χ3v) is 4.26. The average molecular weight is 343 g/mol. The minimum absolute atomic E-state index is 0.0304. The molecule has 7 heteroatoms. The number of carbonyl (C=O) groups is 1. The fourth-order valence-electron chi connectivity index (χ4n) is 2.92. The zero-order chi connectivity index (χ0) is 17.7. The summed E-state index contributed by atoms with van der Waals surface area (Å²) in [4.78, 5) is 13.7. The van der Waals surface area contributed by atoms with Gasteiger partial charge in [-0.25, -0.2) is 4.79 Å². The Kier molecular flexibility index (Phi) is 5.96. The predicted molar refractivity (Wildman–Crippen MR) is 89.4 cm³/mol.